The molecule has 0 aliphatic carbocycles. The highest BCUT2D eigenvalue weighted by atomic mass is 35.5. The maximum absolute atomic E-state index is 13.0. The summed E-state index contributed by atoms with van der Waals surface area (Å²) in [6.45, 7) is 5.11. The van der Waals surface area contributed by atoms with Crippen LogP contribution in [0, 0.1) is 20.8 Å². The van der Waals surface area contributed by atoms with E-state index in [4.69, 9.17) is 11.6 Å². The van der Waals surface area contributed by atoms with Crippen LogP contribution >= 0.6 is 22.9 Å². The third-order valence-corrected chi connectivity index (χ3v) is 6.41. The lowest BCUT2D eigenvalue weighted by atomic mass is 10.0. The van der Waals surface area contributed by atoms with Gasteiger partial charge in [0.2, 0.25) is 5.91 Å². The third-order valence-electron chi connectivity index (χ3n) is 5.11. The molecule has 11 heteroatoms. The smallest absolute Gasteiger partial charge is 0.323 e. The molecule has 1 amide bonds. The normalized spacial score (nSPS) is 11.7. The van der Waals surface area contributed by atoms with Gasteiger partial charge in [-0.25, -0.2) is 9.67 Å². The van der Waals surface area contributed by atoms with Crippen LogP contribution in [0.15, 0.2) is 41.2 Å². The van der Waals surface area contributed by atoms with E-state index < -0.39 is 29.8 Å². The van der Waals surface area contributed by atoms with Gasteiger partial charge in [0.25, 0.3) is 5.56 Å². The second-order valence-corrected chi connectivity index (χ2v) is 9.39. The number of nitrogens with zero attached hydrogens (tertiary/aromatic N) is 3. The summed E-state index contributed by atoms with van der Waals surface area (Å²) in [5.74, 6) is -0.756. The average Bonchev–Trinajstić information content (AvgIpc) is 3.13. The van der Waals surface area contributed by atoms with Crippen LogP contribution in [0.2, 0.25) is 5.02 Å². The quantitative estimate of drug-likeness (QED) is 0.382. The largest absolute Gasteiger partial charge is 0.416 e. The van der Waals surface area contributed by atoms with Crippen molar-refractivity contribution in [1.29, 1.82) is 0 Å². The molecule has 0 radical (unpaired) electrons. The molecule has 1 N–H and O–H groups in total. The van der Waals surface area contributed by atoms with Crippen molar-refractivity contribution in [2.45, 2.75) is 33.5 Å². The minimum Gasteiger partial charge on any atom is -0.323 e. The van der Waals surface area contributed by atoms with Gasteiger partial charge in [-0.2, -0.15) is 18.3 Å². The molecule has 0 unspecified atom stereocenters. The SMILES string of the molecule is Cc1ccc(-c2nn(CC(=O)Nc3cc(C(F)(F)F)ccc3Cl)c(=O)c3nc(C)sc23)c(C)c1. The minimum atomic E-state index is -4.60. The lowest BCUT2D eigenvalue weighted by Crippen LogP contribution is -2.30. The third kappa shape index (κ3) is 4.69. The van der Waals surface area contributed by atoms with Crippen LogP contribution in [0.25, 0.3) is 21.5 Å². The molecule has 4 aromatic rings. The van der Waals surface area contributed by atoms with Crippen molar-refractivity contribution in [2.24, 2.45) is 0 Å². The zero-order chi connectivity index (χ0) is 24.8. The molecular weight excluding hydrogens is 489 g/mol. The Morgan fingerprint density at radius 3 is 2.56 bits per heavy atom. The van der Waals surface area contributed by atoms with Gasteiger partial charge >= 0.3 is 6.18 Å². The Morgan fingerprint density at radius 1 is 1.15 bits per heavy atom. The Labute approximate surface area is 201 Å². The highest BCUT2D eigenvalue weighted by molar-refractivity contribution is 7.19. The summed E-state index contributed by atoms with van der Waals surface area (Å²) in [6, 6.07) is 8.39. The summed E-state index contributed by atoms with van der Waals surface area (Å²) in [4.78, 5) is 30.0. The Hall–Kier alpha value is -3.24. The molecular formula is C23H18ClF3N4O2S. The predicted octanol–water partition coefficient (Wildman–Crippen LogP) is 5.76. The van der Waals surface area contributed by atoms with Gasteiger partial charge in [0, 0.05) is 5.56 Å². The van der Waals surface area contributed by atoms with E-state index >= 15 is 0 Å². The maximum Gasteiger partial charge on any atom is 0.416 e. The fraction of sp³-hybridized carbons (Fsp3) is 0.217. The van der Waals surface area contributed by atoms with E-state index in [9.17, 15) is 22.8 Å². The molecule has 2 aromatic carbocycles. The van der Waals surface area contributed by atoms with Crippen molar-refractivity contribution < 1.29 is 18.0 Å². The number of alkyl halides is 3. The lowest BCUT2D eigenvalue weighted by molar-refractivity contribution is -0.137. The van der Waals surface area contributed by atoms with Gasteiger partial charge in [0.15, 0.2) is 5.52 Å². The molecule has 34 heavy (non-hydrogen) atoms. The number of halogens is 4. The van der Waals surface area contributed by atoms with Crippen LogP contribution in [-0.2, 0) is 17.5 Å². The standard InChI is InChI=1S/C23H18ClF3N4O2S/c1-11-4-6-15(12(2)8-11)19-21-20(28-13(3)34-21)22(33)31(30-19)10-18(32)29-17-9-14(23(25,26)27)5-7-16(17)24/h4-9H,10H2,1-3H3,(H,29,32). The summed E-state index contributed by atoms with van der Waals surface area (Å²) >= 11 is 7.29. The summed E-state index contributed by atoms with van der Waals surface area (Å²) in [5.41, 5.74) is 1.72. The number of benzene rings is 2. The topological polar surface area (TPSA) is 76.9 Å². The van der Waals surface area contributed by atoms with Gasteiger partial charge < -0.3 is 5.32 Å². The number of hydrogen-bond acceptors (Lipinski definition) is 5. The number of thiazole rings is 1. The first-order valence-electron chi connectivity index (χ1n) is 10.1. The number of aryl methyl sites for hydroxylation is 3. The molecule has 6 nitrogen and oxygen atoms in total. The lowest BCUT2D eigenvalue weighted by Gasteiger charge is -2.13. The van der Waals surface area contributed by atoms with E-state index in [-0.39, 0.29) is 16.2 Å². The second kappa shape index (κ2) is 8.84. The summed E-state index contributed by atoms with van der Waals surface area (Å²) in [6.07, 6.45) is -4.60. The van der Waals surface area contributed by atoms with Gasteiger partial charge in [-0.15, -0.1) is 11.3 Å². The number of amides is 1. The van der Waals surface area contributed by atoms with E-state index in [0.717, 1.165) is 39.6 Å². The van der Waals surface area contributed by atoms with Crippen molar-refractivity contribution in [2.75, 3.05) is 5.32 Å². The van der Waals surface area contributed by atoms with Crippen LogP contribution in [0.1, 0.15) is 21.7 Å². The molecule has 2 aromatic heterocycles. The van der Waals surface area contributed by atoms with Crippen molar-refractivity contribution in [3.63, 3.8) is 0 Å². The number of carbonyl (C=O) groups is 1. The van der Waals surface area contributed by atoms with Crippen LogP contribution in [0.4, 0.5) is 18.9 Å². The fourth-order valence-corrected chi connectivity index (χ4v) is 4.63. The van der Waals surface area contributed by atoms with Crippen LogP contribution < -0.4 is 10.9 Å². The minimum absolute atomic E-state index is 0.0665. The Balaban J connectivity index is 1.74. The van der Waals surface area contributed by atoms with Crippen molar-refractivity contribution in [3.8, 4) is 11.3 Å². The molecule has 2 heterocycles. The second-order valence-electron chi connectivity index (χ2n) is 7.78. The summed E-state index contributed by atoms with van der Waals surface area (Å²) in [7, 11) is 0. The number of carbonyl (C=O) groups excluding carboxylic acids is 1. The highest BCUT2D eigenvalue weighted by Crippen LogP contribution is 2.34. The van der Waals surface area contributed by atoms with Gasteiger partial charge in [0.1, 0.15) is 12.2 Å². The number of rotatable bonds is 4. The monoisotopic (exact) mass is 506 g/mol. The molecule has 0 saturated heterocycles. The van der Waals surface area contributed by atoms with Gasteiger partial charge in [0.05, 0.1) is 26.0 Å². The number of nitrogens with one attached hydrogen (secondary N) is 1. The zero-order valence-corrected chi connectivity index (χ0v) is 19.8. The first kappa shape index (κ1) is 23.9. The van der Waals surface area contributed by atoms with Crippen molar-refractivity contribution in [1.82, 2.24) is 14.8 Å². The van der Waals surface area contributed by atoms with E-state index in [1.54, 1.807) is 6.92 Å². The number of anilines is 1. The molecule has 0 aliphatic rings. The number of fused-ring (bicyclic) bond motifs is 1. The predicted molar refractivity (Wildman–Crippen MR) is 126 cm³/mol. The molecule has 0 atom stereocenters. The summed E-state index contributed by atoms with van der Waals surface area (Å²) < 4.78 is 40.7. The molecule has 176 valence electrons. The van der Waals surface area contributed by atoms with Crippen molar-refractivity contribution in [3.05, 3.63) is 73.5 Å². The number of hydrogen-bond donors (Lipinski definition) is 1. The first-order valence-corrected chi connectivity index (χ1v) is 11.3. The Bertz CT molecular complexity index is 1490. The molecule has 0 fully saturated rings. The van der Waals surface area contributed by atoms with Crippen LogP contribution in [-0.4, -0.2) is 20.7 Å². The van der Waals surface area contributed by atoms with Gasteiger partial charge in [-0.1, -0.05) is 35.4 Å². The van der Waals surface area contributed by atoms with E-state index in [1.165, 1.54) is 11.3 Å². The average molecular weight is 507 g/mol. The van der Waals surface area contributed by atoms with Crippen LogP contribution in [0.3, 0.4) is 0 Å². The highest BCUT2D eigenvalue weighted by Gasteiger charge is 2.31. The van der Waals surface area contributed by atoms with Gasteiger partial charge in [-0.3, -0.25) is 9.59 Å². The van der Waals surface area contributed by atoms with E-state index in [2.05, 4.69) is 15.4 Å². The number of aromatic nitrogens is 3. The van der Waals surface area contributed by atoms with E-state index in [0.29, 0.717) is 15.4 Å². The van der Waals surface area contributed by atoms with E-state index in [1.807, 2.05) is 32.0 Å². The molecule has 0 saturated carbocycles. The Kier molecular flexibility index (Phi) is 6.22. The zero-order valence-electron chi connectivity index (χ0n) is 18.2. The molecule has 4 rings (SSSR count). The summed E-state index contributed by atoms with van der Waals surface area (Å²) in [5, 5.41) is 7.38. The van der Waals surface area contributed by atoms with Crippen LogP contribution in [0.5, 0.6) is 0 Å². The molecule has 0 bridgehead atoms. The van der Waals surface area contributed by atoms with Gasteiger partial charge in [-0.05, 0) is 44.5 Å². The van der Waals surface area contributed by atoms with Crippen molar-refractivity contribution >= 4 is 44.7 Å². The Morgan fingerprint density at radius 2 is 1.88 bits per heavy atom. The first-order chi connectivity index (χ1) is 15.9. The maximum atomic E-state index is 13.0. The fourth-order valence-electron chi connectivity index (χ4n) is 3.55. The molecule has 0 spiro atoms. The molecule has 0 aliphatic heterocycles.